The van der Waals surface area contributed by atoms with Crippen LogP contribution in [0.15, 0.2) is 150 Å². The van der Waals surface area contributed by atoms with E-state index in [4.69, 9.17) is 14.4 Å². The molecular formula is C43H30N2O. The van der Waals surface area contributed by atoms with Crippen LogP contribution in [0.4, 0.5) is 0 Å². The molecule has 2 aromatic heterocycles. The molecule has 0 unspecified atom stereocenters. The van der Waals surface area contributed by atoms with Crippen molar-refractivity contribution in [3.8, 4) is 56.2 Å². The topological polar surface area (TPSA) is 38.9 Å². The van der Waals surface area contributed by atoms with Crippen LogP contribution in [-0.2, 0) is 5.41 Å². The second-order valence-corrected chi connectivity index (χ2v) is 12.6. The zero-order valence-corrected chi connectivity index (χ0v) is 25.7. The van der Waals surface area contributed by atoms with Gasteiger partial charge in [0.25, 0.3) is 0 Å². The lowest BCUT2D eigenvalue weighted by atomic mass is 9.81. The quantitative estimate of drug-likeness (QED) is 0.205. The minimum absolute atomic E-state index is 0.198. The van der Waals surface area contributed by atoms with E-state index in [1.54, 1.807) is 0 Å². The van der Waals surface area contributed by atoms with E-state index in [1.165, 1.54) is 44.2 Å². The van der Waals surface area contributed by atoms with Crippen molar-refractivity contribution in [2.24, 2.45) is 0 Å². The van der Waals surface area contributed by atoms with Gasteiger partial charge in [-0.2, -0.15) is 0 Å². The van der Waals surface area contributed by atoms with Gasteiger partial charge in [0.1, 0.15) is 11.2 Å². The Labute approximate surface area is 267 Å². The Kier molecular flexibility index (Phi) is 5.85. The van der Waals surface area contributed by atoms with E-state index < -0.39 is 0 Å². The van der Waals surface area contributed by atoms with Crippen molar-refractivity contribution >= 4 is 21.9 Å². The SMILES string of the molecule is CC1(C)c2cc(-c3ccc(-c4cc(-c5ccccc5)nc(-c5ccccc5)n4)cc3)ccc2-c2ccc3c(oc4ccccc43)c21. The minimum Gasteiger partial charge on any atom is -0.456 e. The number of hydrogen-bond acceptors (Lipinski definition) is 3. The Balaban J connectivity index is 1.10. The monoisotopic (exact) mass is 590 g/mol. The molecule has 0 atom stereocenters. The summed E-state index contributed by atoms with van der Waals surface area (Å²) in [5.74, 6) is 0.722. The Bertz CT molecular complexity index is 2360. The second-order valence-electron chi connectivity index (χ2n) is 12.6. The fourth-order valence-corrected chi connectivity index (χ4v) is 7.15. The lowest BCUT2D eigenvalue weighted by Crippen LogP contribution is -2.15. The first-order valence-electron chi connectivity index (χ1n) is 15.7. The van der Waals surface area contributed by atoms with E-state index in [0.717, 1.165) is 45.1 Å². The Hall–Kier alpha value is -5.80. The summed E-state index contributed by atoms with van der Waals surface area (Å²) in [6.07, 6.45) is 0. The summed E-state index contributed by atoms with van der Waals surface area (Å²) in [6.45, 7) is 4.64. The van der Waals surface area contributed by atoms with E-state index in [-0.39, 0.29) is 5.41 Å². The molecule has 2 heterocycles. The lowest BCUT2D eigenvalue weighted by Gasteiger charge is -2.22. The first-order valence-corrected chi connectivity index (χ1v) is 15.7. The molecule has 9 rings (SSSR count). The van der Waals surface area contributed by atoms with E-state index in [9.17, 15) is 0 Å². The van der Waals surface area contributed by atoms with Crippen LogP contribution < -0.4 is 0 Å². The smallest absolute Gasteiger partial charge is 0.160 e. The molecule has 0 aliphatic heterocycles. The van der Waals surface area contributed by atoms with Gasteiger partial charge >= 0.3 is 0 Å². The highest BCUT2D eigenvalue weighted by Gasteiger charge is 2.38. The van der Waals surface area contributed by atoms with Gasteiger partial charge in [0.2, 0.25) is 0 Å². The zero-order chi connectivity index (χ0) is 30.8. The van der Waals surface area contributed by atoms with Gasteiger partial charge in [-0.05, 0) is 52.1 Å². The van der Waals surface area contributed by atoms with Crippen LogP contribution in [-0.4, -0.2) is 9.97 Å². The Morgan fingerprint density at radius 2 is 1.07 bits per heavy atom. The minimum atomic E-state index is -0.198. The number of para-hydroxylation sites is 1. The summed E-state index contributed by atoms with van der Waals surface area (Å²) >= 11 is 0. The number of nitrogens with zero attached hydrogens (tertiary/aromatic N) is 2. The second kappa shape index (κ2) is 10.1. The molecule has 0 N–H and O–H groups in total. The summed E-state index contributed by atoms with van der Waals surface area (Å²) < 4.78 is 6.50. The molecule has 3 heteroatoms. The van der Waals surface area contributed by atoms with E-state index >= 15 is 0 Å². The van der Waals surface area contributed by atoms with Gasteiger partial charge < -0.3 is 4.42 Å². The molecule has 0 bridgehead atoms. The van der Waals surface area contributed by atoms with Crippen LogP contribution in [0.25, 0.3) is 78.1 Å². The maximum atomic E-state index is 6.50. The largest absolute Gasteiger partial charge is 0.456 e. The average Bonchev–Trinajstić information content (AvgIpc) is 3.60. The maximum absolute atomic E-state index is 6.50. The molecular weight excluding hydrogens is 560 g/mol. The maximum Gasteiger partial charge on any atom is 0.160 e. The molecule has 8 aromatic rings. The van der Waals surface area contributed by atoms with Crippen molar-refractivity contribution < 1.29 is 4.42 Å². The fourth-order valence-electron chi connectivity index (χ4n) is 7.15. The molecule has 0 amide bonds. The van der Waals surface area contributed by atoms with Gasteiger partial charge in [-0.25, -0.2) is 9.97 Å². The van der Waals surface area contributed by atoms with E-state index in [2.05, 4.69) is 117 Å². The highest BCUT2D eigenvalue weighted by atomic mass is 16.3. The number of benzene rings is 6. The van der Waals surface area contributed by atoms with Gasteiger partial charge in [-0.1, -0.05) is 135 Å². The summed E-state index contributed by atoms with van der Waals surface area (Å²) in [7, 11) is 0. The van der Waals surface area contributed by atoms with Crippen LogP contribution in [0.2, 0.25) is 0 Å². The third kappa shape index (κ3) is 4.13. The van der Waals surface area contributed by atoms with E-state index in [0.29, 0.717) is 0 Å². The summed E-state index contributed by atoms with van der Waals surface area (Å²) in [5, 5.41) is 2.35. The van der Waals surface area contributed by atoms with Crippen molar-refractivity contribution in [1.82, 2.24) is 9.97 Å². The molecule has 0 spiro atoms. The molecule has 3 nitrogen and oxygen atoms in total. The van der Waals surface area contributed by atoms with Crippen molar-refractivity contribution in [1.29, 1.82) is 0 Å². The van der Waals surface area contributed by atoms with Crippen LogP contribution in [0.1, 0.15) is 25.0 Å². The number of furan rings is 1. The molecule has 1 aliphatic rings. The number of rotatable bonds is 4. The molecule has 6 aromatic carbocycles. The summed E-state index contributed by atoms with van der Waals surface area (Å²) in [5.41, 5.74) is 14.2. The predicted molar refractivity (Wildman–Crippen MR) is 189 cm³/mol. The number of aromatic nitrogens is 2. The van der Waals surface area contributed by atoms with Gasteiger partial charge in [0.15, 0.2) is 5.82 Å². The van der Waals surface area contributed by atoms with Gasteiger partial charge in [-0.3, -0.25) is 0 Å². The van der Waals surface area contributed by atoms with E-state index in [1.807, 2.05) is 42.5 Å². The van der Waals surface area contributed by atoms with Gasteiger partial charge in [0, 0.05) is 38.4 Å². The summed E-state index contributed by atoms with van der Waals surface area (Å²) in [4.78, 5) is 9.95. The van der Waals surface area contributed by atoms with Crippen LogP contribution >= 0.6 is 0 Å². The first kappa shape index (κ1) is 26.6. The molecule has 0 saturated heterocycles. The Morgan fingerprint density at radius 3 is 1.80 bits per heavy atom. The Morgan fingerprint density at radius 1 is 0.478 bits per heavy atom. The molecule has 218 valence electrons. The van der Waals surface area contributed by atoms with Crippen molar-refractivity contribution in [3.63, 3.8) is 0 Å². The number of hydrogen-bond donors (Lipinski definition) is 0. The lowest BCUT2D eigenvalue weighted by molar-refractivity contribution is 0.620. The van der Waals surface area contributed by atoms with Crippen molar-refractivity contribution in [3.05, 3.63) is 157 Å². The molecule has 46 heavy (non-hydrogen) atoms. The normalized spacial score (nSPS) is 13.2. The predicted octanol–water partition coefficient (Wildman–Crippen LogP) is 11.4. The first-order chi connectivity index (χ1) is 22.5. The molecule has 0 fully saturated rings. The fraction of sp³-hybridized carbons (Fsp3) is 0.0698. The van der Waals surface area contributed by atoms with Crippen LogP contribution in [0, 0.1) is 0 Å². The van der Waals surface area contributed by atoms with Gasteiger partial charge in [-0.15, -0.1) is 0 Å². The molecule has 1 aliphatic carbocycles. The van der Waals surface area contributed by atoms with Crippen molar-refractivity contribution in [2.45, 2.75) is 19.3 Å². The highest BCUT2D eigenvalue weighted by Crippen LogP contribution is 2.53. The third-order valence-corrected chi connectivity index (χ3v) is 9.50. The third-order valence-electron chi connectivity index (χ3n) is 9.50. The molecule has 0 saturated carbocycles. The van der Waals surface area contributed by atoms with Crippen molar-refractivity contribution in [2.75, 3.05) is 0 Å². The van der Waals surface area contributed by atoms with Crippen LogP contribution in [0.3, 0.4) is 0 Å². The zero-order valence-electron chi connectivity index (χ0n) is 25.7. The van der Waals surface area contributed by atoms with Gasteiger partial charge in [0.05, 0.1) is 11.4 Å². The van der Waals surface area contributed by atoms with Crippen LogP contribution in [0.5, 0.6) is 0 Å². The highest BCUT2D eigenvalue weighted by molar-refractivity contribution is 6.09. The number of fused-ring (bicyclic) bond motifs is 7. The standard InChI is InChI=1S/C43H30N2O/c1-43(2)36-25-31(21-22-32(36)34-23-24-35-33-15-9-10-16-39(33)46-41(35)40(34)43)27-17-19-29(20-18-27)38-26-37(28-11-5-3-6-12-28)44-42(45-38)30-13-7-4-8-14-30/h3-26H,1-2H3. The summed E-state index contributed by atoms with van der Waals surface area (Å²) in [6, 6.07) is 51.1. The molecule has 0 radical (unpaired) electrons. The average molecular weight is 591 g/mol.